The van der Waals surface area contributed by atoms with E-state index >= 15 is 0 Å². The lowest BCUT2D eigenvalue weighted by molar-refractivity contribution is -0.154. The molecule has 0 unspecified atom stereocenters. The lowest BCUT2D eigenvalue weighted by Crippen LogP contribution is -2.60. The van der Waals surface area contributed by atoms with E-state index in [4.69, 9.17) is 21.1 Å². The molecule has 3 rings (SSSR count). The van der Waals surface area contributed by atoms with Gasteiger partial charge in [0.15, 0.2) is 0 Å². The maximum absolute atomic E-state index is 12.5. The number of ether oxygens (including phenoxy) is 2. The van der Waals surface area contributed by atoms with Crippen molar-refractivity contribution in [2.45, 2.75) is 63.7 Å². The van der Waals surface area contributed by atoms with Gasteiger partial charge < -0.3 is 14.8 Å². The molecule has 0 radical (unpaired) electrons. The zero-order chi connectivity index (χ0) is 18.7. The Bertz CT molecular complexity index is 620. The van der Waals surface area contributed by atoms with Gasteiger partial charge in [-0.3, -0.25) is 4.79 Å². The highest BCUT2D eigenvalue weighted by atomic mass is 35.5. The van der Waals surface area contributed by atoms with E-state index in [0.29, 0.717) is 24.9 Å². The van der Waals surface area contributed by atoms with Crippen LogP contribution in [0.1, 0.15) is 57.6 Å². The number of nitrogens with one attached hydrogen (secondary N) is 1. The number of rotatable bonds is 5. The van der Waals surface area contributed by atoms with Crippen LogP contribution in [0.4, 0.5) is 0 Å². The first-order valence-corrected chi connectivity index (χ1v) is 10.00. The number of hydrogen-bond donors (Lipinski definition) is 1. The number of amides is 1. The van der Waals surface area contributed by atoms with Crippen LogP contribution < -0.4 is 5.32 Å². The van der Waals surface area contributed by atoms with Gasteiger partial charge in [-0.25, -0.2) is 0 Å². The van der Waals surface area contributed by atoms with Crippen LogP contribution in [0.5, 0.6) is 0 Å². The van der Waals surface area contributed by atoms with E-state index in [1.807, 2.05) is 24.3 Å². The topological polar surface area (TPSA) is 47.6 Å². The molecular weight excluding hydrogens is 350 g/mol. The maximum atomic E-state index is 12.5. The van der Waals surface area contributed by atoms with Crippen molar-refractivity contribution < 1.29 is 14.3 Å². The Hall–Kier alpha value is -1.10. The molecule has 1 aromatic carbocycles. The highest BCUT2D eigenvalue weighted by Crippen LogP contribution is 2.47. The van der Waals surface area contributed by atoms with E-state index in [1.165, 1.54) is 6.42 Å². The van der Waals surface area contributed by atoms with Gasteiger partial charge in [-0.15, -0.1) is 0 Å². The number of carbonyl (C=O) groups excluding carboxylic acids is 1. The molecule has 1 aliphatic carbocycles. The molecule has 0 aromatic heterocycles. The van der Waals surface area contributed by atoms with Crippen molar-refractivity contribution in [3.8, 4) is 0 Å². The normalized spacial score (nSPS) is 34.2. The summed E-state index contributed by atoms with van der Waals surface area (Å²) < 4.78 is 11.6. The molecule has 2 fully saturated rings. The number of methoxy groups -OCH3 is 1. The lowest BCUT2D eigenvalue weighted by atomic mass is 9.66. The quantitative estimate of drug-likeness (QED) is 0.818. The third-order valence-corrected chi connectivity index (χ3v) is 6.27. The molecule has 1 aliphatic heterocycles. The summed E-state index contributed by atoms with van der Waals surface area (Å²) in [5.74, 6) is 1.07. The van der Waals surface area contributed by atoms with Crippen LogP contribution in [0.2, 0.25) is 5.02 Å². The predicted octanol–water partition coefficient (Wildman–Crippen LogP) is 4.52. The monoisotopic (exact) mass is 379 g/mol. The molecule has 1 N–H and O–H groups in total. The third-order valence-electron chi connectivity index (χ3n) is 6.02. The molecule has 1 saturated heterocycles. The zero-order valence-corrected chi connectivity index (χ0v) is 16.7. The highest BCUT2D eigenvalue weighted by Gasteiger charge is 2.49. The van der Waals surface area contributed by atoms with Crippen LogP contribution in [-0.2, 0) is 14.3 Å². The maximum Gasteiger partial charge on any atom is 0.222 e. The average Bonchev–Trinajstić information content (AvgIpc) is 2.59. The molecule has 4 nitrogen and oxygen atoms in total. The number of halogens is 1. The second kappa shape index (κ2) is 8.28. The van der Waals surface area contributed by atoms with Crippen molar-refractivity contribution in [3.63, 3.8) is 0 Å². The molecular formula is C21H30ClNO3. The molecule has 1 aromatic rings. The Morgan fingerprint density at radius 2 is 2.08 bits per heavy atom. The molecule has 1 amide bonds. The van der Waals surface area contributed by atoms with E-state index in [9.17, 15) is 4.79 Å². The Morgan fingerprint density at radius 1 is 1.35 bits per heavy atom. The van der Waals surface area contributed by atoms with Crippen LogP contribution in [0.3, 0.4) is 0 Å². The standard InChI is InChI=1S/C21H30ClNO3/c1-14-4-9-17-18(12-14)26-19(15-5-7-16(22)8-6-15)13-21(17,2)23-20(24)10-11-25-3/h5-8,14,17-19H,4,9-13H2,1-3H3,(H,23,24)/t14-,17-,18-,19-,21+/m1/s1. The van der Waals surface area contributed by atoms with Gasteiger partial charge in [0, 0.05) is 36.4 Å². The molecule has 0 spiro atoms. The van der Waals surface area contributed by atoms with Gasteiger partial charge in [-0.1, -0.05) is 37.1 Å². The van der Waals surface area contributed by atoms with Crippen molar-refractivity contribution in [1.29, 1.82) is 0 Å². The average molecular weight is 380 g/mol. The Morgan fingerprint density at radius 3 is 2.77 bits per heavy atom. The minimum Gasteiger partial charge on any atom is -0.384 e. The molecule has 1 saturated carbocycles. The first kappa shape index (κ1) is 19.7. The second-order valence-electron chi connectivity index (χ2n) is 8.15. The van der Waals surface area contributed by atoms with Crippen LogP contribution in [-0.4, -0.2) is 31.3 Å². The fourth-order valence-electron chi connectivity index (χ4n) is 4.60. The van der Waals surface area contributed by atoms with E-state index in [2.05, 4.69) is 19.2 Å². The smallest absolute Gasteiger partial charge is 0.222 e. The number of benzene rings is 1. The molecule has 1 heterocycles. The van der Waals surface area contributed by atoms with Crippen LogP contribution in [0.25, 0.3) is 0 Å². The fraction of sp³-hybridized carbons (Fsp3) is 0.667. The van der Waals surface area contributed by atoms with Gasteiger partial charge in [0.2, 0.25) is 5.91 Å². The third kappa shape index (κ3) is 4.41. The minimum atomic E-state index is -0.266. The molecule has 5 atom stereocenters. The summed E-state index contributed by atoms with van der Waals surface area (Å²) in [5, 5.41) is 4.06. The van der Waals surface area contributed by atoms with Crippen LogP contribution in [0.15, 0.2) is 24.3 Å². The Balaban J connectivity index is 1.82. The number of carbonyl (C=O) groups is 1. The van der Waals surface area contributed by atoms with Crippen molar-refractivity contribution in [3.05, 3.63) is 34.9 Å². The van der Waals surface area contributed by atoms with Gasteiger partial charge in [0.1, 0.15) is 0 Å². The van der Waals surface area contributed by atoms with Crippen LogP contribution >= 0.6 is 11.6 Å². The second-order valence-corrected chi connectivity index (χ2v) is 8.59. The lowest BCUT2D eigenvalue weighted by Gasteiger charge is -2.52. The SMILES string of the molecule is COCCC(=O)N[C@@]1(C)C[C@H](c2ccc(Cl)cc2)O[C@@H]2C[C@H](C)CC[C@H]21. The molecule has 144 valence electrons. The summed E-state index contributed by atoms with van der Waals surface area (Å²) in [5.41, 5.74) is 0.862. The van der Waals surface area contributed by atoms with E-state index in [0.717, 1.165) is 29.8 Å². The van der Waals surface area contributed by atoms with Crippen molar-refractivity contribution in [1.82, 2.24) is 5.32 Å². The van der Waals surface area contributed by atoms with Gasteiger partial charge in [-0.05, 0) is 43.4 Å². The number of fused-ring (bicyclic) bond motifs is 1. The first-order valence-electron chi connectivity index (χ1n) is 9.62. The summed E-state index contributed by atoms with van der Waals surface area (Å²) in [7, 11) is 1.62. The van der Waals surface area contributed by atoms with Crippen LogP contribution in [0, 0.1) is 11.8 Å². The van der Waals surface area contributed by atoms with E-state index in [-0.39, 0.29) is 23.7 Å². The zero-order valence-electron chi connectivity index (χ0n) is 16.0. The Kier molecular flexibility index (Phi) is 6.26. The largest absolute Gasteiger partial charge is 0.384 e. The summed E-state index contributed by atoms with van der Waals surface area (Å²) in [6.45, 7) is 4.93. The summed E-state index contributed by atoms with van der Waals surface area (Å²) >= 11 is 6.04. The first-order chi connectivity index (χ1) is 12.4. The van der Waals surface area contributed by atoms with Gasteiger partial charge in [-0.2, -0.15) is 0 Å². The minimum absolute atomic E-state index is 0.0217. The summed E-state index contributed by atoms with van der Waals surface area (Å²) in [4.78, 5) is 12.5. The summed E-state index contributed by atoms with van der Waals surface area (Å²) in [6, 6.07) is 7.88. The molecule has 26 heavy (non-hydrogen) atoms. The van der Waals surface area contributed by atoms with Gasteiger partial charge in [0.05, 0.1) is 18.8 Å². The molecule has 2 aliphatic rings. The van der Waals surface area contributed by atoms with Crippen molar-refractivity contribution in [2.24, 2.45) is 11.8 Å². The molecule has 5 heteroatoms. The van der Waals surface area contributed by atoms with E-state index in [1.54, 1.807) is 7.11 Å². The Labute approximate surface area is 161 Å². The van der Waals surface area contributed by atoms with Crippen molar-refractivity contribution >= 4 is 17.5 Å². The van der Waals surface area contributed by atoms with Gasteiger partial charge in [0.25, 0.3) is 0 Å². The molecule has 0 bridgehead atoms. The highest BCUT2D eigenvalue weighted by molar-refractivity contribution is 6.30. The fourth-order valence-corrected chi connectivity index (χ4v) is 4.72. The summed E-state index contributed by atoms with van der Waals surface area (Å²) in [6.07, 6.45) is 4.68. The number of hydrogen-bond acceptors (Lipinski definition) is 3. The van der Waals surface area contributed by atoms with E-state index < -0.39 is 0 Å². The predicted molar refractivity (Wildman–Crippen MR) is 103 cm³/mol. The van der Waals surface area contributed by atoms with Crippen molar-refractivity contribution in [2.75, 3.05) is 13.7 Å². The van der Waals surface area contributed by atoms with Gasteiger partial charge >= 0.3 is 0 Å².